The van der Waals surface area contributed by atoms with Gasteiger partial charge < -0.3 is 9.47 Å². The molecule has 0 heterocycles. The van der Waals surface area contributed by atoms with Crippen molar-refractivity contribution in [3.05, 3.63) is 0 Å². The summed E-state index contributed by atoms with van der Waals surface area (Å²) in [6.07, 6.45) is -0.575. The van der Waals surface area contributed by atoms with Gasteiger partial charge in [-0.1, -0.05) is 41.5 Å². The van der Waals surface area contributed by atoms with Crippen LogP contribution in [-0.2, 0) is 19.1 Å². The van der Waals surface area contributed by atoms with E-state index in [0.717, 1.165) is 0 Å². The van der Waals surface area contributed by atoms with Crippen molar-refractivity contribution in [2.45, 2.75) is 82.3 Å². The third kappa shape index (κ3) is 6.92. The molecular formula is C19H36O4. The van der Waals surface area contributed by atoms with Crippen molar-refractivity contribution in [2.24, 2.45) is 21.7 Å². The fraction of sp³-hybridized carbons (Fsp3) is 0.895. The quantitative estimate of drug-likeness (QED) is 0.707. The van der Waals surface area contributed by atoms with E-state index in [-0.39, 0.29) is 22.8 Å². The highest BCUT2D eigenvalue weighted by Crippen LogP contribution is 2.39. The summed E-state index contributed by atoms with van der Waals surface area (Å²) in [6, 6.07) is 0. The standard InChI is InChI=1S/C19H36O4/c1-16(2,3)12-22-15(21)19(10,11)13(17(4,5)6)23-14(20)18(7,8)9/h13H,12H2,1-11H3. The Labute approximate surface area is 142 Å². The molecule has 0 aliphatic heterocycles. The summed E-state index contributed by atoms with van der Waals surface area (Å²) in [7, 11) is 0. The second-order valence-electron chi connectivity index (χ2n) is 10.3. The number of rotatable bonds is 4. The minimum Gasteiger partial charge on any atom is -0.465 e. The first kappa shape index (κ1) is 21.9. The van der Waals surface area contributed by atoms with Crippen molar-refractivity contribution < 1.29 is 19.1 Å². The first-order valence-corrected chi connectivity index (χ1v) is 8.27. The Bertz CT molecular complexity index is 428. The van der Waals surface area contributed by atoms with Gasteiger partial charge in [0.25, 0.3) is 0 Å². The average molecular weight is 328 g/mol. The van der Waals surface area contributed by atoms with Gasteiger partial charge in [-0.05, 0) is 40.0 Å². The van der Waals surface area contributed by atoms with Gasteiger partial charge in [0.05, 0.1) is 17.4 Å². The van der Waals surface area contributed by atoms with Crippen LogP contribution in [-0.4, -0.2) is 24.6 Å². The molecule has 0 spiro atoms. The molecule has 0 aliphatic rings. The lowest BCUT2D eigenvalue weighted by atomic mass is 9.72. The van der Waals surface area contributed by atoms with Crippen molar-refractivity contribution >= 4 is 11.9 Å². The van der Waals surface area contributed by atoms with Crippen LogP contribution in [0.2, 0.25) is 0 Å². The largest absolute Gasteiger partial charge is 0.465 e. The molecule has 0 bridgehead atoms. The Balaban J connectivity index is 5.38. The molecule has 0 fully saturated rings. The van der Waals surface area contributed by atoms with Crippen molar-refractivity contribution in [2.75, 3.05) is 6.61 Å². The third-order valence-electron chi connectivity index (χ3n) is 3.44. The van der Waals surface area contributed by atoms with Gasteiger partial charge >= 0.3 is 11.9 Å². The van der Waals surface area contributed by atoms with Gasteiger partial charge in [0, 0.05) is 5.41 Å². The normalized spacial score (nSPS) is 15.1. The molecule has 23 heavy (non-hydrogen) atoms. The molecule has 0 saturated heterocycles. The van der Waals surface area contributed by atoms with E-state index in [1.54, 1.807) is 34.6 Å². The fourth-order valence-corrected chi connectivity index (χ4v) is 2.27. The van der Waals surface area contributed by atoms with Crippen LogP contribution in [0.4, 0.5) is 0 Å². The lowest BCUT2D eigenvalue weighted by molar-refractivity contribution is -0.186. The van der Waals surface area contributed by atoms with Crippen LogP contribution in [0.25, 0.3) is 0 Å². The van der Waals surface area contributed by atoms with E-state index in [0.29, 0.717) is 6.61 Å². The van der Waals surface area contributed by atoms with Crippen LogP contribution in [0.3, 0.4) is 0 Å². The van der Waals surface area contributed by atoms with Gasteiger partial charge in [-0.25, -0.2) is 0 Å². The molecule has 4 nitrogen and oxygen atoms in total. The van der Waals surface area contributed by atoms with Crippen LogP contribution in [0, 0.1) is 21.7 Å². The minimum absolute atomic E-state index is 0.106. The molecule has 1 unspecified atom stereocenters. The Morgan fingerprint density at radius 3 is 1.52 bits per heavy atom. The highest BCUT2D eigenvalue weighted by atomic mass is 16.6. The summed E-state index contributed by atoms with van der Waals surface area (Å²) in [5, 5.41) is 0. The molecule has 0 amide bonds. The predicted molar refractivity (Wildman–Crippen MR) is 93.0 cm³/mol. The SMILES string of the molecule is CC(C)(C)COC(=O)C(C)(C)C(OC(=O)C(C)(C)C)C(C)(C)C. The van der Waals surface area contributed by atoms with E-state index < -0.39 is 16.9 Å². The zero-order valence-corrected chi connectivity index (χ0v) is 16.9. The molecule has 0 aromatic rings. The number of ether oxygens (including phenoxy) is 2. The summed E-state index contributed by atoms with van der Waals surface area (Å²) < 4.78 is 11.2. The average Bonchev–Trinajstić information content (AvgIpc) is 2.28. The van der Waals surface area contributed by atoms with Crippen LogP contribution in [0.5, 0.6) is 0 Å². The Hall–Kier alpha value is -1.06. The van der Waals surface area contributed by atoms with Gasteiger partial charge in [0.2, 0.25) is 0 Å². The van der Waals surface area contributed by atoms with E-state index in [4.69, 9.17) is 9.47 Å². The van der Waals surface area contributed by atoms with Crippen LogP contribution < -0.4 is 0 Å². The van der Waals surface area contributed by atoms with Gasteiger partial charge in [-0.3, -0.25) is 9.59 Å². The molecule has 0 rings (SSSR count). The molecule has 0 radical (unpaired) electrons. The lowest BCUT2D eigenvalue weighted by Crippen LogP contribution is -2.50. The third-order valence-corrected chi connectivity index (χ3v) is 3.44. The van der Waals surface area contributed by atoms with Gasteiger partial charge in [0.15, 0.2) is 0 Å². The number of carbonyl (C=O) groups excluding carboxylic acids is 2. The van der Waals surface area contributed by atoms with Crippen LogP contribution in [0.1, 0.15) is 76.2 Å². The molecule has 136 valence electrons. The topological polar surface area (TPSA) is 52.6 Å². The second kappa shape index (κ2) is 6.82. The maximum absolute atomic E-state index is 12.6. The van der Waals surface area contributed by atoms with Gasteiger partial charge in [-0.2, -0.15) is 0 Å². The van der Waals surface area contributed by atoms with Crippen molar-refractivity contribution in [1.82, 2.24) is 0 Å². The number of hydrogen-bond donors (Lipinski definition) is 0. The number of carbonyl (C=O) groups is 2. The second-order valence-corrected chi connectivity index (χ2v) is 10.3. The van der Waals surface area contributed by atoms with Crippen LogP contribution >= 0.6 is 0 Å². The molecule has 1 atom stereocenters. The van der Waals surface area contributed by atoms with Gasteiger partial charge in [0.1, 0.15) is 6.10 Å². The van der Waals surface area contributed by atoms with Crippen molar-refractivity contribution in [1.29, 1.82) is 0 Å². The maximum Gasteiger partial charge on any atom is 0.315 e. The Morgan fingerprint density at radius 1 is 0.783 bits per heavy atom. The van der Waals surface area contributed by atoms with E-state index in [2.05, 4.69) is 0 Å². The molecule has 0 aliphatic carbocycles. The van der Waals surface area contributed by atoms with Crippen LogP contribution in [0.15, 0.2) is 0 Å². The van der Waals surface area contributed by atoms with E-state index >= 15 is 0 Å². The number of esters is 2. The first-order valence-electron chi connectivity index (χ1n) is 8.27. The Kier molecular flexibility index (Phi) is 6.51. The molecule has 0 saturated carbocycles. The lowest BCUT2D eigenvalue weighted by Gasteiger charge is -2.41. The zero-order chi connectivity index (χ0) is 18.9. The molecular weight excluding hydrogens is 292 g/mol. The molecule has 0 aromatic heterocycles. The predicted octanol–water partition coefficient (Wildman–Crippen LogP) is 4.61. The molecule has 0 N–H and O–H groups in total. The molecule has 4 heteroatoms. The number of hydrogen-bond acceptors (Lipinski definition) is 4. The minimum atomic E-state index is -0.926. The monoisotopic (exact) mass is 328 g/mol. The summed E-state index contributed by atoms with van der Waals surface area (Å²) in [4.78, 5) is 25.0. The zero-order valence-electron chi connectivity index (χ0n) is 16.9. The summed E-state index contributed by atoms with van der Waals surface area (Å²) in [5.74, 6) is -0.650. The molecule has 0 aromatic carbocycles. The maximum atomic E-state index is 12.6. The van der Waals surface area contributed by atoms with E-state index in [1.165, 1.54) is 0 Å². The van der Waals surface area contributed by atoms with Crippen molar-refractivity contribution in [3.8, 4) is 0 Å². The highest BCUT2D eigenvalue weighted by molar-refractivity contribution is 5.79. The highest BCUT2D eigenvalue weighted by Gasteiger charge is 2.48. The first-order chi connectivity index (χ1) is 9.89. The van der Waals surface area contributed by atoms with E-state index in [9.17, 15) is 9.59 Å². The van der Waals surface area contributed by atoms with Crippen molar-refractivity contribution in [3.63, 3.8) is 0 Å². The van der Waals surface area contributed by atoms with Gasteiger partial charge in [-0.15, -0.1) is 0 Å². The smallest absolute Gasteiger partial charge is 0.315 e. The fourth-order valence-electron chi connectivity index (χ4n) is 2.27. The van der Waals surface area contributed by atoms with E-state index in [1.807, 2.05) is 41.5 Å². The summed E-state index contributed by atoms with van der Waals surface area (Å²) in [5.41, 5.74) is -2.03. The Morgan fingerprint density at radius 2 is 1.22 bits per heavy atom. The summed E-state index contributed by atoms with van der Waals surface area (Å²) in [6.45, 7) is 21.2. The summed E-state index contributed by atoms with van der Waals surface area (Å²) >= 11 is 0.